The minimum absolute atomic E-state index is 0.0838. The molecule has 0 bridgehead atoms. The van der Waals surface area contributed by atoms with E-state index in [1.807, 2.05) is 6.07 Å². The van der Waals surface area contributed by atoms with Crippen molar-refractivity contribution in [3.8, 4) is 11.5 Å². The highest BCUT2D eigenvalue weighted by atomic mass is 19.1. The molecule has 0 heterocycles. The first-order chi connectivity index (χ1) is 9.67. The first kappa shape index (κ1) is 14.3. The molecule has 0 N–H and O–H groups in total. The van der Waals surface area contributed by atoms with E-state index in [0.717, 1.165) is 5.56 Å². The Morgan fingerprint density at radius 1 is 0.750 bits per heavy atom. The third-order valence-electron chi connectivity index (χ3n) is 3.22. The van der Waals surface area contributed by atoms with E-state index in [1.54, 1.807) is 26.4 Å². The molecular weight excluding hydrogens is 262 g/mol. The molecular formula is C16H16F2O2. The van der Waals surface area contributed by atoms with E-state index in [-0.39, 0.29) is 12.0 Å². The molecule has 0 saturated heterocycles. The lowest BCUT2D eigenvalue weighted by atomic mass is 10.0. The summed E-state index contributed by atoms with van der Waals surface area (Å²) in [5, 5.41) is 0. The molecule has 0 unspecified atom stereocenters. The van der Waals surface area contributed by atoms with Gasteiger partial charge >= 0.3 is 0 Å². The van der Waals surface area contributed by atoms with Crippen LogP contribution in [0.3, 0.4) is 0 Å². The first-order valence-electron chi connectivity index (χ1n) is 6.30. The molecule has 0 aliphatic rings. The molecule has 0 spiro atoms. The summed E-state index contributed by atoms with van der Waals surface area (Å²) in [6, 6.07) is 9.30. The van der Waals surface area contributed by atoms with Gasteiger partial charge in [-0.25, -0.2) is 8.78 Å². The Morgan fingerprint density at radius 3 is 1.70 bits per heavy atom. The third kappa shape index (κ3) is 2.90. The van der Waals surface area contributed by atoms with Crippen LogP contribution in [0.4, 0.5) is 8.78 Å². The second kappa shape index (κ2) is 6.37. The Labute approximate surface area is 117 Å². The summed E-state index contributed by atoms with van der Waals surface area (Å²) in [6.45, 7) is 0. The van der Waals surface area contributed by atoms with Gasteiger partial charge in [0.15, 0.2) is 0 Å². The van der Waals surface area contributed by atoms with Crippen LogP contribution >= 0.6 is 0 Å². The van der Waals surface area contributed by atoms with Crippen molar-refractivity contribution in [2.45, 2.75) is 12.8 Å². The van der Waals surface area contributed by atoms with Crippen molar-refractivity contribution >= 4 is 0 Å². The predicted octanol–water partition coefficient (Wildman–Crippen LogP) is 3.77. The lowest BCUT2D eigenvalue weighted by molar-refractivity contribution is 0.385. The zero-order chi connectivity index (χ0) is 14.5. The maximum absolute atomic E-state index is 13.6. The molecule has 0 fully saturated rings. The van der Waals surface area contributed by atoms with Gasteiger partial charge in [0.2, 0.25) is 0 Å². The molecule has 20 heavy (non-hydrogen) atoms. The Hall–Kier alpha value is -2.10. The topological polar surface area (TPSA) is 18.5 Å². The van der Waals surface area contributed by atoms with Crippen LogP contribution in [0.15, 0.2) is 36.4 Å². The van der Waals surface area contributed by atoms with Gasteiger partial charge in [0, 0.05) is 11.1 Å². The lowest BCUT2D eigenvalue weighted by Crippen LogP contribution is -2.02. The van der Waals surface area contributed by atoms with E-state index in [4.69, 9.17) is 9.47 Å². The zero-order valence-electron chi connectivity index (χ0n) is 11.5. The normalized spacial score (nSPS) is 10.4. The lowest BCUT2D eigenvalue weighted by Gasteiger charge is -2.13. The van der Waals surface area contributed by atoms with E-state index < -0.39 is 11.6 Å². The van der Waals surface area contributed by atoms with E-state index in [9.17, 15) is 8.78 Å². The maximum Gasteiger partial charge on any atom is 0.129 e. The third-order valence-corrected chi connectivity index (χ3v) is 3.22. The molecule has 4 heteroatoms. The number of ether oxygens (including phenoxy) is 2. The Bertz CT molecular complexity index is 555. The molecule has 2 aromatic rings. The van der Waals surface area contributed by atoms with Gasteiger partial charge in [-0.05, 0) is 37.1 Å². The van der Waals surface area contributed by atoms with E-state index in [1.165, 1.54) is 18.2 Å². The number of methoxy groups -OCH3 is 2. The summed E-state index contributed by atoms with van der Waals surface area (Å²) in [7, 11) is 3.11. The second-order valence-corrected chi connectivity index (χ2v) is 4.34. The van der Waals surface area contributed by atoms with Crippen molar-refractivity contribution in [3.05, 3.63) is 59.2 Å². The van der Waals surface area contributed by atoms with E-state index >= 15 is 0 Å². The van der Waals surface area contributed by atoms with Crippen LogP contribution in [0.25, 0.3) is 0 Å². The highest BCUT2D eigenvalue weighted by molar-refractivity contribution is 5.45. The fourth-order valence-corrected chi connectivity index (χ4v) is 2.20. The molecule has 106 valence electrons. The van der Waals surface area contributed by atoms with Crippen molar-refractivity contribution in [1.82, 2.24) is 0 Å². The summed E-state index contributed by atoms with van der Waals surface area (Å²) < 4.78 is 37.8. The number of hydrogen-bond donors (Lipinski definition) is 0. The molecule has 0 atom stereocenters. The van der Waals surface area contributed by atoms with Crippen LogP contribution in [-0.2, 0) is 12.8 Å². The number of rotatable bonds is 5. The average Bonchev–Trinajstić information content (AvgIpc) is 2.46. The van der Waals surface area contributed by atoms with Crippen LogP contribution in [0, 0.1) is 11.6 Å². The van der Waals surface area contributed by atoms with Gasteiger partial charge < -0.3 is 9.47 Å². The molecule has 0 aromatic heterocycles. The van der Waals surface area contributed by atoms with Gasteiger partial charge in [-0.2, -0.15) is 0 Å². The van der Waals surface area contributed by atoms with Gasteiger partial charge in [0.25, 0.3) is 0 Å². The maximum atomic E-state index is 13.6. The largest absolute Gasteiger partial charge is 0.496 e. The average molecular weight is 278 g/mol. The smallest absolute Gasteiger partial charge is 0.129 e. The molecule has 0 saturated carbocycles. The SMILES string of the molecule is COc1cccc(OC)c1CCc1c(F)cccc1F. The minimum Gasteiger partial charge on any atom is -0.496 e. The molecule has 2 nitrogen and oxygen atoms in total. The predicted molar refractivity (Wildman–Crippen MR) is 73.3 cm³/mol. The molecule has 0 radical (unpaired) electrons. The van der Waals surface area contributed by atoms with Crippen LogP contribution in [0.1, 0.15) is 11.1 Å². The van der Waals surface area contributed by atoms with Gasteiger partial charge in [0.05, 0.1) is 14.2 Å². The van der Waals surface area contributed by atoms with E-state index in [0.29, 0.717) is 17.9 Å². The second-order valence-electron chi connectivity index (χ2n) is 4.34. The Balaban J connectivity index is 2.27. The minimum atomic E-state index is -0.529. The Kier molecular flexibility index (Phi) is 4.56. The summed E-state index contributed by atoms with van der Waals surface area (Å²) >= 11 is 0. The summed E-state index contributed by atoms with van der Waals surface area (Å²) in [6.07, 6.45) is 0.681. The van der Waals surface area contributed by atoms with Gasteiger partial charge in [-0.1, -0.05) is 12.1 Å². The van der Waals surface area contributed by atoms with Crippen molar-refractivity contribution in [2.75, 3.05) is 14.2 Å². The molecule has 0 amide bonds. The van der Waals surface area contributed by atoms with E-state index in [2.05, 4.69) is 0 Å². The zero-order valence-corrected chi connectivity index (χ0v) is 11.5. The standard InChI is InChI=1S/C16H16F2O2/c1-19-15-7-4-8-16(20-2)12(15)10-9-11-13(17)5-3-6-14(11)18/h3-8H,9-10H2,1-2H3. The number of benzene rings is 2. The monoisotopic (exact) mass is 278 g/mol. The van der Waals surface area contributed by atoms with Crippen LogP contribution in [0.2, 0.25) is 0 Å². The van der Waals surface area contributed by atoms with Crippen LogP contribution in [0.5, 0.6) is 11.5 Å². The molecule has 2 aromatic carbocycles. The van der Waals surface area contributed by atoms with Crippen molar-refractivity contribution in [3.63, 3.8) is 0 Å². The molecule has 0 aliphatic heterocycles. The Morgan fingerprint density at radius 2 is 1.20 bits per heavy atom. The highest BCUT2D eigenvalue weighted by Crippen LogP contribution is 2.30. The van der Waals surface area contributed by atoms with Crippen molar-refractivity contribution < 1.29 is 18.3 Å². The first-order valence-corrected chi connectivity index (χ1v) is 6.30. The van der Waals surface area contributed by atoms with Gasteiger partial charge in [-0.15, -0.1) is 0 Å². The summed E-state index contributed by atoms with van der Waals surface area (Å²) in [5.41, 5.74) is 0.889. The van der Waals surface area contributed by atoms with Crippen molar-refractivity contribution in [1.29, 1.82) is 0 Å². The summed E-state index contributed by atoms with van der Waals surface area (Å²) in [4.78, 5) is 0. The quantitative estimate of drug-likeness (QED) is 0.829. The summed E-state index contributed by atoms with van der Waals surface area (Å²) in [5.74, 6) is 0.250. The van der Waals surface area contributed by atoms with Crippen molar-refractivity contribution in [2.24, 2.45) is 0 Å². The highest BCUT2D eigenvalue weighted by Gasteiger charge is 2.13. The fourth-order valence-electron chi connectivity index (χ4n) is 2.20. The van der Waals surface area contributed by atoms with Crippen LogP contribution < -0.4 is 9.47 Å². The molecule has 2 rings (SSSR count). The van der Waals surface area contributed by atoms with Gasteiger partial charge in [0.1, 0.15) is 23.1 Å². The number of halogens is 2. The number of hydrogen-bond acceptors (Lipinski definition) is 2. The van der Waals surface area contributed by atoms with Gasteiger partial charge in [-0.3, -0.25) is 0 Å². The fraction of sp³-hybridized carbons (Fsp3) is 0.250. The molecule has 0 aliphatic carbocycles. The van der Waals surface area contributed by atoms with Crippen LogP contribution in [-0.4, -0.2) is 14.2 Å².